The number of halogens is 1. The third-order valence-corrected chi connectivity index (χ3v) is 4.13. The summed E-state index contributed by atoms with van der Waals surface area (Å²) in [5.41, 5.74) is 5.14. The Kier molecular flexibility index (Phi) is 4.18. The number of amides is 1. The SMILES string of the molecule is CC(C)(C(=O)Nc1ccc(Br)c2ccccc12)/C(N)=N/O. The molecule has 0 aliphatic heterocycles. The van der Waals surface area contributed by atoms with Crippen molar-refractivity contribution in [3.8, 4) is 0 Å². The van der Waals surface area contributed by atoms with Gasteiger partial charge in [-0.05, 0) is 31.4 Å². The van der Waals surface area contributed by atoms with Gasteiger partial charge < -0.3 is 16.3 Å². The molecular weight excluding hydrogens is 334 g/mol. The van der Waals surface area contributed by atoms with Crippen molar-refractivity contribution in [2.45, 2.75) is 13.8 Å². The third kappa shape index (κ3) is 2.85. The van der Waals surface area contributed by atoms with Crippen molar-refractivity contribution >= 4 is 44.1 Å². The number of nitrogens with two attached hydrogens (primary N) is 1. The molecule has 2 aromatic carbocycles. The van der Waals surface area contributed by atoms with E-state index in [1.54, 1.807) is 13.8 Å². The van der Waals surface area contributed by atoms with Crippen molar-refractivity contribution in [2.24, 2.45) is 16.3 Å². The van der Waals surface area contributed by atoms with Gasteiger partial charge in [-0.2, -0.15) is 0 Å². The highest BCUT2D eigenvalue weighted by Crippen LogP contribution is 2.31. The van der Waals surface area contributed by atoms with Crippen LogP contribution in [-0.4, -0.2) is 17.0 Å². The predicted octanol–water partition coefficient (Wildman–Crippen LogP) is 3.31. The van der Waals surface area contributed by atoms with Crippen LogP contribution < -0.4 is 11.1 Å². The first kappa shape index (κ1) is 15.3. The number of fused-ring (bicyclic) bond motifs is 1. The van der Waals surface area contributed by atoms with Gasteiger partial charge >= 0.3 is 0 Å². The van der Waals surface area contributed by atoms with Gasteiger partial charge in [0.05, 0.1) is 0 Å². The number of carbonyl (C=O) groups is 1. The molecule has 110 valence electrons. The van der Waals surface area contributed by atoms with Gasteiger partial charge in [0, 0.05) is 15.5 Å². The van der Waals surface area contributed by atoms with Crippen molar-refractivity contribution in [1.82, 2.24) is 0 Å². The monoisotopic (exact) mass is 349 g/mol. The fourth-order valence-electron chi connectivity index (χ4n) is 1.89. The highest BCUT2D eigenvalue weighted by molar-refractivity contribution is 9.10. The molecule has 0 spiro atoms. The summed E-state index contributed by atoms with van der Waals surface area (Å²) >= 11 is 3.49. The Hall–Kier alpha value is -2.08. The van der Waals surface area contributed by atoms with Crippen LogP contribution >= 0.6 is 15.9 Å². The quantitative estimate of drug-likeness (QED) is 0.343. The van der Waals surface area contributed by atoms with Gasteiger partial charge in [0.2, 0.25) is 5.91 Å². The zero-order valence-corrected chi connectivity index (χ0v) is 13.3. The lowest BCUT2D eigenvalue weighted by Crippen LogP contribution is -2.42. The number of nitrogens with one attached hydrogen (secondary N) is 1. The number of hydrogen-bond acceptors (Lipinski definition) is 3. The number of rotatable bonds is 3. The van der Waals surface area contributed by atoms with Crippen LogP contribution in [0.4, 0.5) is 5.69 Å². The predicted molar refractivity (Wildman–Crippen MR) is 87.5 cm³/mol. The maximum absolute atomic E-state index is 12.4. The smallest absolute Gasteiger partial charge is 0.237 e. The average molecular weight is 350 g/mol. The molecule has 0 heterocycles. The van der Waals surface area contributed by atoms with Crippen molar-refractivity contribution in [3.05, 3.63) is 40.9 Å². The van der Waals surface area contributed by atoms with Crippen LogP contribution in [0.15, 0.2) is 46.0 Å². The number of benzene rings is 2. The summed E-state index contributed by atoms with van der Waals surface area (Å²) < 4.78 is 0.951. The normalized spacial score (nSPS) is 12.4. The standard InChI is InChI=1S/C15H16BrN3O2/c1-15(2,13(17)19-21)14(20)18-12-8-7-11(16)9-5-3-4-6-10(9)12/h3-8,21H,1-2H3,(H2,17,19)(H,18,20). The van der Waals surface area contributed by atoms with E-state index >= 15 is 0 Å². The highest BCUT2D eigenvalue weighted by atomic mass is 79.9. The molecule has 0 saturated heterocycles. The molecule has 0 radical (unpaired) electrons. The van der Waals surface area contributed by atoms with Gasteiger partial charge in [0.1, 0.15) is 5.41 Å². The molecule has 0 aliphatic rings. The van der Waals surface area contributed by atoms with E-state index in [0.29, 0.717) is 5.69 Å². The van der Waals surface area contributed by atoms with Crippen LogP contribution in [-0.2, 0) is 4.79 Å². The summed E-state index contributed by atoms with van der Waals surface area (Å²) in [4.78, 5) is 12.4. The lowest BCUT2D eigenvalue weighted by atomic mass is 9.90. The molecule has 5 nitrogen and oxygen atoms in total. The second-order valence-corrected chi connectivity index (χ2v) is 6.06. The Morgan fingerprint density at radius 2 is 1.86 bits per heavy atom. The highest BCUT2D eigenvalue weighted by Gasteiger charge is 2.33. The maximum atomic E-state index is 12.4. The Morgan fingerprint density at radius 1 is 1.24 bits per heavy atom. The molecule has 0 unspecified atom stereocenters. The van der Waals surface area contributed by atoms with Crippen LogP contribution in [0.2, 0.25) is 0 Å². The van der Waals surface area contributed by atoms with E-state index in [9.17, 15) is 4.79 Å². The van der Waals surface area contributed by atoms with Crippen LogP contribution in [0.25, 0.3) is 10.8 Å². The zero-order chi connectivity index (χ0) is 15.6. The number of hydrogen-bond donors (Lipinski definition) is 3. The minimum atomic E-state index is -1.11. The minimum absolute atomic E-state index is 0.138. The largest absolute Gasteiger partial charge is 0.409 e. The Bertz CT molecular complexity index is 726. The molecule has 0 bridgehead atoms. The molecule has 0 fully saturated rings. The lowest BCUT2D eigenvalue weighted by molar-refractivity contribution is -0.121. The number of nitrogens with zero attached hydrogens (tertiary/aromatic N) is 1. The molecule has 4 N–H and O–H groups in total. The number of anilines is 1. The fraction of sp³-hybridized carbons (Fsp3) is 0.200. The van der Waals surface area contributed by atoms with Crippen molar-refractivity contribution < 1.29 is 10.0 Å². The zero-order valence-electron chi connectivity index (χ0n) is 11.7. The van der Waals surface area contributed by atoms with E-state index in [4.69, 9.17) is 10.9 Å². The average Bonchev–Trinajstić information content (AvgIpc) is 2.49. The molecule has 0 aromatic heterocycles. The van der Waals surface area contributed by atoms with Gasteiger partial charge in [0.25, 0.3) is 0 Å². The second kappa shape index (κ2) is 5.73. The Balaban J connectivity index is 2.41. The third-order valence-electron chi connectivity index (χ3n) is 3.43. The van der Waals surface area contributed by atoms with Crippen LogP contribution in [0.3, 0.4) is 0 Å². The molecule has 6 heteroatoms. The second-order valence-electron chi connectivity index (χ2n) is 5.20. The van der Waals surface area contributed by atoms with Crippen molar-refractivity contribution in [2.75, 3.05) is 5.32 Å². The summed E-state index contributed by atoms with van der Waals surface area (Å²) in [6, 6.07) is 11.4. The van der Waals surface area contributed by atoms with E-state index in [2.05, 4.69) is 26.4 Å². The number of carbonyl (C=O) groups excluding carboxylic acids is 1. The molecule has 0 atom stereocenters. The summed E-state index contributed by atoms with van der Waals surface area (Å²) in [5, 5.41) is 16.4. The van der Waals surface area contributed by atoms with E-state index in [0.717, 1.165) is 15.2 Å². The maximum Gasteiger partial charge on any atom is 0.237 e. The Labute approximate surface area is 131 Å². The van der Waals surface area contributed by atoms with Crippen molar-refractivity contribution in [1.29, 1.82) is 0 Å². The van der Waals surface area contributed by atoms with E-state index in [1.165, 1.54) is 0 Å². The number of amidine groups is 1. The summed E-state index contributed by atoms with van der Waals surface area (Å²) in [7, 11) is 0. The summed E-state index contributed by atoms with van der Waals surface area (Å²) in [5.74, 6) is -0.480. The molecule has 0 saturated carbocycles. The number of oxime groups is 1. The van der Waals surface area contributed by atoms with Crippen molar-refractivity contribution in [3.63, 3.8) is 0 Å². The van der Waals surface area contributed by atoms with E-state index in [1.807, 2.05) is 36.4 Å². The van der Waals surface area contributed by atoms with Crippen LogP contribution in [0, 0.1) is 5.41 Å². The molecule has 0 aliphatic carbocycles. The van der Waals surface area contributed by atoms with Crippen LogP contribution in [0.1, 0.15) is 13.8 Å². The van der Waals surface area contributed by atoms with E-state index in [-0.39, 0.29) is 11.7 Å². The topological polar surface area (TPSA) is 87.7 Å². The molecule has 1 amide bonds. The molecule has 21 heavy (non-hydrogen) atoms. The summed E-state index contributed by atoms with van der Waals surface area (Å²) in [6.45, 7) is 3.19. The summed E-state index contributed by atoms with van der Waals surface area (Å²) in [6.07, 6.45) is 0. The van der Waals surface area contributed by atoms with E-state index < -0.39 is 5.41 Å². The Morgan fingerprint density at radius 3 is 2.48 bits per heavy atom. The molecule has 2 rings (SSSR count). The van der Waals surface area contributed by atoms with Gasteiger partial charge in [-0.1, -0.05) is 45.4 Å². The first-order valence-electron chi connectivity index (χ1n) is 6.34. The first-order valence-corrected chi connectivity index (χ1v) is 7.14. The molecule has 2 aromatic rings. The minimum Gasteiger partial charge on any atom is -0.409 e. The van der Waals surface area contributed by atoms with Gasteiger partial charge in [0.15, 0.2) is 5.84 Å². The van der Waals surface area contributed by atoms with Crippen LogP contribution in [0.5, 0.6) is 0 Å². The van der Waals surface area contributed by atoms with Gasteiger partial charge in [-0.3, -0.25) is 4.79 Å². The van der Waals surface area contributed by atoms with Gasteiger partial charge in [-0.25, -0.2) is 0 Å². The molecular formula is C15H16BrN3O2. The fourth-order valence-corrected chi connectivity index (χ4v) is 2.37. The van der Waals surface area contributed by atoms with Gasteiger partial charge in [-0.15, -0.1) is 0 Å². The lowest BCUT2D eigenvalue weighted by Gasteiger charge is -2.22. The first-order chi connectivity index (χ1) is 9.87.